The number of H-pyrrole nitrogens is 1. The van der Waals surface area contributed by atoms with Gasteiger partial charge in [0.15, 0.2) is 0 Å². The Morgan fingerprint density at radius 3 is 2.35 bits per heavy atom. The number of alkyl halides is 3. The Morgan fingerprint density at radius 1 is 0.980 bits per heavy atom. The molecule has 272 valence electrons. The van der Waals surface area contributed by atoms with Gasteiger partial charge in [-0.25, -0.2) is 9.59 Å². The molecule has 0 spiro atoms. The molecule has 12 nitrogen and oxygen atoms in total. The molecule has 0 unspecified atom stereocenters. The molecule has 0 saturated carbocycles. The predicted molar refractivity (Wildman–Crippen MR) is 189 cm³/mol. The zero-order valence-corrected chi connectivity index (χ0v) is 28.8. The zero-order valence-electron chi connectivity index (χ0n) is 28.0. The van der Waals surface area contributed by atoms with Gasteiger partial charge < -0.3 is 31.2 Å². The number of anilines is 1. The summed E-state index contributed by atoms with van der Waals surface area (Å²) in [5.41, 5.74) is 6.05. The van der Waals surface area contributed by atoms with E-state index in [4.69, 9.17) is 17.3 Å². The number of aromatic amines is 1. The van der Waals surface area contributed by atoms with Gasteiger partial charge >= 0.3 is 17.9 Å². The number of aromatic nitrogens is 3. The summed E-state index contributed by atoms with van der Waals surface area (Å²) in [5.74, 6) is -0.358. The van der Waals surface area contributed by atoms with Crippen LogP contribution in [0.5, 0.6) is 0 Å². The fraction of sp³-hybridized carbons (Fsp3) is 0.486. The summed E-state index contributed by atoms with van der Waals surface area (Å²) in [6.07, 6.45) is -0.770. The van der Waals surface area contributed by atoms with Crippen LogP contribution in [0.15, 0.2) is 47.4 Å². The minimum atomic E-state index is -4.75. The Morgan fingerprint density at radius 2 is 1.65 bits per heavy atom. The highest BCUT2D eigenvalue weighted by Gasteiger charge is 2.37. The molecule has 5 N–H and O–H groups in total. The molecule has 16 heteroatoms. The number of nitrogens with zero attached hydrogens (tertiary/aromatic N) is 5. The van der Waals surface area contributed by atoms with Crippen LogP contribution in [0.3, 0.4) is 0 Å². The number of pyridine rings is 1. The molecule has 5 heterocycles. The maximum Gasteiger partial charge on any atom is 0.418 e. The molecule has 51 heavy (non-hydrogen) atoms. The number of fused-ring (bicyclic) bond motifs is 3. The molecule has 3 fully saturated rings. The number of hydrogen-bond acceptors (Lipinski definition) is 7. The lowest BCUT2D eigenvalue weighted by molar-refractivity contribution is -0.137. The van der Waals surface area contributed by atoms with Gasteiger partial charge in [-0.05, 0) is 49.4 Å². The minimum absolute atomic E-state index is 0.134. The Hall–Kier alpha value is -4.34. The third-order valence-corrected chi connectivity index (χ3v) is 10.9. The summed E-state index contributed by atoms with van der Waals surface area (Å²) < 4.78 is 43.2. The SMILES string of the molecule is Nc1c(Cl)cc(C[C@@H](NC(=O)N2CCC(n3c(=O)[nH]c4c5ccccc5ncc43)CC2)C(=O)N2CCC(N3CCNCC3)CC2)cc1C(F)(F)F. The van der Waals surface area contributed by atoms with Crippen molar-refractivity contribution in [3.8, 4) is 0 Å². The van der Waals surface area contributed by atoms with Crippen LogP contribution in [-0.4, -0.2) is 106 Å². The van der Waals surface area contributed by atoms with Crippen LogP contribution in [0, 0.1) is 0 Å². The third kappa shape index (κ3) is 7.24. The first kappa shape index (κ1) is 35.1. The molecule has 4 aromatic rings. The van der Waals surface area contributed by atoms with Crippen LogP contribution in [0.25, 0.3) is 21.9 Å². The molecule has 2 aromatic heterocycles. The molecular formula is C35H41ClF3N9O3. The van der Waals surface area contributed by atoms with Crippen molar-refractivity contribution in [2.24, 2.45) is 0 Å². The van der Waals surface area contributed by atoms with Crippen molar-refractivity contribution in [1.82, 2.24) is 39.9 Å². The van der Waals surface area contributed by atoms with Gasteiger partial charge in [0.05, 0.1) is 39.0 Å². The second-order valence-electron chi connectivity index (χ2n) is 13.6. The number of carbonyl (C=O) groups is 2. The number of urea groups is 1. The van der Waals surface area contributed by atoms with Crippen molar-refractivity contribution >= 4 is 51.2 Å². The lowest BCUT2D eigenvalue weighted by Crippen LogP contribution is -2.57. The second kappa shape index (κ2) is 14.4. The van der Waals surface area contributed by atoms with Crippen LogP contribution in [0.1, 0.15) is 42.9 Å². The van der Waals surface area contributed by atoms with Gasteiger partial charge in [-0.2, -0.15) is 13.2 Å². The molecule has 7 rings (SSSR count). The average Bonchev–Trinajstić information content (AvgIpc) is 3.48. The largest absolute Gasteiger partial charge is 0.418 e. The fourth-order valence-corrected chi connectivity index (χ4v) is 8.07. The van der Waals surface area contributed by atoms with Gasteiger partial charge in [0.2, 0.25) is 5.91 Å². The molecule has 3 amide bonds. The lowest BCUT2D eigenvalue weighted by Gasteiger charge is -2.41. The number of carbonyl (C=O) groups excluding carboxylic acids is 2. The highest BCUT2D eigenvalue weighted by Crippen LogP contribution is 2.38. The van der Waals surface area contributed by atoms with E-state index in [0.717, 1.165) is 56.0 Å². The van der Waals surface area contributed by atoms with E-state index in [2.05, 4.69) is 25.5 Å². The number of halogens is 4. The Kier molecular flexibility index (Phi) is 9.87. The number of nitrogen functional groups attached to an aromatic ring is 1. The third-order valence-electron chi connectivity index (χ3n) is 10.6. The van der Waals surface area contributed by atoms with Crippen molar-refractivity contribution in [2.45, 2.75) is 56.4 Å². The van der Waals surface area contributed by atoms with E-state index in [-0.39, 0.29) is 34.6 Å². The maximum absolute atomic E-state index is 14.0. The predicted octanol–water partition coefficient (Wildman–Crippen LogP) is 3.99. The highest BCUT2D eigenvalue weighted by atomic mass is 35.5. The van der Waals surface area contributed by atoms with Crippen LogP contribution in [-0.2, 0) is 17.4 Å². The Labute approximate surface area is 297 Å². The number of likely N-dealkylation sites (tertiary alicyclic amines) is 2. The average molecular weight is 728 g/mol. The number of hydrogen-bond donors (Lipinski definition) is 4. The number of benzene rings is 2. The van der Waals surface area contributed by atoms with Gasteiger partial charge in [-0.1, -0.05) is 29.8 Å². The summed E-state index contributed by atoms with van der Waals surface area (Å²) in [5, 5.41) is 6.77. The van der Waals surface area contributed by atoms with Crippen LogP contribution >= 0.6 is 11.6 Å². The molecule has 2 aromatic carbocycles. The van der Waals surface area contributed by atoms with Crippen LogP contribution in [0.2, 0.25) is 5.02 Å². The monoisotopic (exact) mass is 727 g/mol. The molecule has 3 saturated heterocycles. The maximum atomic E-state index is 14.0. The van der Waals surface area contributed by atoms with E-state index in [1.807, 2.05) is 24.3 Å². The summed E-state index contributed by atoms with van der Waals surface area (Å²) in [7, 11) is 0. The second-order valence-corrected chi connectivity index (χ2v) is 14.0. The van der Waals surface area contributed by atoms with Gasteiger partial charge in [-0.15, -0.1) is 0 Å². The van der Waals surface area contributed by atoms with E-state index >= 15 is 0 Å². The van der Waals surface area contributed by atoms with Crippen molar-refractivity contribution in [3.63, 3.8) is 0 Å². The van der Waals surface area contributed by atoms with Crippen molar-refractivity contribution in [2.75, 3.05) is 58.1 Å². The number of piperazine rings is 1. The van der Waals surface area contributed by atoms with Crippen LogP contribution in [0.4, 0.5) is 23.7 Å². The van der Waals surface area contributed by atoms with Gasteiger partial charge in [0.1, 0.15) is 6.04 Å². The number of nitrogens with one attached hydrogen (secondary N) is 3. The van der Waals surface area contributed by atoms with E-state index in [0.29, 0.717) is 56.1 Å². The molecule has 0 bridgehead atoms. The van der Waals surface area contributed by atoms with Gasteiger partial charge in [0, 0.05) is 76.2 Å². The van der Waals surface area contributed by atoms with E-state index in [1.165, 1.54) is 6.07 Å². The lowest BCUT2D eigenvalue weighted by atomic mass is 9.98. The fourth-order valence-electron chi connectivity index (χ4n) is 7.83. The molecule has 3 aliphatic rings. The summed E-state index contributed by atoms with van der Waals surface area (Å²) in [4.78, 5) is 54.1. The number of rotatable bonds is 6. The number of imidazole rings is 1. The normalized spacial score (nSPS) is 19.1. The molecular weight excluding hydrogens is 687 g/mol. The summed E-state index contributed by atoms with van der Waals surface area (Å²) >= 11 is 6.13. The van der Waals surface area contributed by atoms with Crippen molar-refractivity contribution < 1.29 is 22.8 Å². The smallest absolute Gasteiger partial charge is 0.397 e. The van der Waals surface area contributed by atoms with Crippen molar-refractivity contribution in [1.29, 1.82) is 0 Å². The Balaban J connectivity index is 1.07. The first-order valence-electron chi connectivity index (χ1n) is 17.4. The number of para-hydroxylation sites is 1. The first-order valence-corrected chi connectivity index (χ1v) is 17.8. The standard InChI is InChI=1S/C35H41ClF3N9O3/c36-26-18-21(17-25(30(26)40)35(37,38)39)19-28(32(49)46-11-5-22(6-12-46)45-15-9-41-10-16-45)43-33(50)47-13-7-23(8-14-47)48-29-20-42-27-4-2-1-3-24(27)31(29)44-34(48)51/h1-4,17-18,20,22-23,28,41H,5-16,19,40H2,(H,43,50)(H,44,51)/t28-/m1/s1. The molecule has 0 radical (unpaired) electrons. The molecule has 1 atom stereocenters. The van der Waals surface area contributed by atoms with Crippen LogP contribution < -0.4 is 22.1 Å². The van der Waals surface area contributed by atoms with E-state index < -0.39 is 29.5 Å². The van der Waals surface area contributed by atoms with Gasteiger partial charge in [-0.3, -0.25) is 19.2 Å². The minimum Gasteiger partial charge on any atom is -0.397 e. The Bertz CT molecular complexity index is 1980. The topological polar surface area (TPSA) is 145 Å². The zero-order chi connectivity index (χ0) is 35.9. The summed E-state index contributed by atoms with van der Waals surface area (Å²) in [6, 6.07) is 8.29. The van der Waals surface area contributed by atoms with Crippen molar-refractivity contribution in [3.05, 3.63) is 69.2 Å². The van der Waals surface area contributed by atoms with Gasteiger partial charge in [0.25, 0.3) is 0 Å². The summed E-state index contributed by atoms with van der Waals surface area (Å²) in [6.45, 7) is 5.28. The molecule has 0 aliphatic carbocycles. The highest BCUT2D eigenvalue weighted by molar-refractivity contribution is 6.33. The number of amides is 3. The van der Waals surface area contributed by atoms with E-state index in [9.17, 15) is 27.6 Å². The number of piperidine rings is 2. The quantitative estimate of drug-likeness (QED) is 0.220. The number of nitrogens with two attached hydrogens (primary N) is 1. The molecule has 3 aliphatic heterocycles. The van der Waals surface area contributed by atoms with E-state index in [1.54, 1.807) is 20.6 Å². The first-order chi connectivity index (χ1) is 24.5.